The largest absolute Gasteiger partial charge is 0.323 e. The van der Waals surface area contributed by atoms with Gasteiger partial charge in [-0.1, -0.05) is 46.4 Å². The van der Waals surface area contributed by atoms with E-state index in [-0.39, 0.29) is 25.7 Å². The van der Waals surface area contributed by atoms with Gasteiger partial charge in [-0.05, 0) is 43.3 Å². The number of benzene rings is 2. The van der Waals surface area contributed by atoms with E-state index >= 15 is 0 Å². The van der Waals surface area contributed by atoms with E-state index in [0.29, 0.717) is 5.02 Å². The summed E-state index contributed by atoms with van der Waals surface area (Å²) in [6.45, 7) is 1.40. The second kappa shape index (κ2) is 8.12. The Morgan fingerprint density at radius 1 is 0.960 bits per heavy atom. The Morgan fingerprint density at radius 3 is 2.12 bits per heavy atom. The second-order valence-electron chi connectivity index (χ2n) is 5.03. The Balaban J connectivity index is 2.12. The normalized spacial score (nSPS) is 12.7. The molecular formula is C15H12Cl4N2O3S. The zero-order valence-corrected chi connectivity index (χ0v) is 16.5. The molecule has 134 valence electrons. The van der Waals surface area contributed by atoms with Gasteiger partial charge in [0.1, 0.15) is 0 Å². The highest BCUT2D eigenvalue weighted by Gasteiger charge is 2.22. The third-order valence-corrected chi connectivity index (χ3v) is 5.96. The lowest BCUT2D eigenvalue weighted by molar-refractivity contribution is -0.117. The second-order valence-corrected chi connectivity index (χ2v) is 8.40. The lowest BCUT2D eigenvalue weighted by Gasteiger charge is -2.15. The highest BCUT2D eigenvalue weighted by atomic mass is 35.5. The summed E-state index contributed by atoms with van der Waals surface area (Å²) in [6.07, 6.45) is 0. The van der Waals surface area contributed by atoms with Gasteiger partial charge >= 0.3 is 0 Å². The first-order valence-electron chi connectivity index (χ1n) is 6.83. The molecule has 5 nitrogen and oxygen atoms in total. The maximum absolute atomic E-state index is 12.3. The van der Waals surface area contributed by atoms with Gasteiger partial charge in [-0.25, -0.2) is 8.42 Å². The molecule has 25 heavy (non-hydrogen) atoms. The highest BCUT2D eigenvalue weighted by molar-refractivity contribution is 7.89. The monoisotopic (exact) mass is 440 g/mol. The fourth-order valence-electron chi connectivity index (χ4n) is 1.83. The zero-order valence-electron chi connectivity index (χ0n) is 12.7. The smallest absolute Gasteiger partial charge is 0.242 e. The minimum atomic E-state index is -3.89. The van der Waals surface area contributed by atoms with Gasteiger partial charge in [-0.3, -0.25) is 4.79 Å². The van der Waals surface area contributed by atoms with Gasteiger partial charge in [0.05, 0.1) is 31.7 Å². The Bertz CT molecular complexity index is 902. The van der Waals surface area contributed by atoms with E-state index in [2.05, 4.69) is 10.0 Å². The van der Waals surface area contributed by atoms with Crippen LogP contribution in [0.5, 0.6) is 0 Å². The van der Waals surface area contributed by atoms with Crippen molar-refractivity contribution in [1.82, 2.24) is 4.72 Å². The lowest BCUT2D eigenvalue weighted by atomic mass is 10.3. The first kappa shape index (κ1) is 20.3. The molecule has 0 saturated carbocycles. The van der Waals surface area contributed by atoms with E-state index in [1.165, 1.54) is 43.3 Å². The van der Waals surface area contributed by atoms with Crippen LogP contribution in [0.4, 0.5) is 5.69 Å². The van der Waals surface area contributed by atoms with Gasteiger partial charge in [-0.2, -0.15) is 4.72 Å². The lowest BCUT2D eigenvalue weighted by Crippen LogP contribution is -2.41. The molecule has 0 spiro atoms. The number of rotatable bonds is 5. The number of nitrogens with one attached hydrogen (secondary N) is 2. The number of sulfonamides is 1. The number of carbonyl (C=O) groups is 1. The maximum Gasteiger partial charge on any atom is 0.242 e. The van der Waals surface area contributed by atoms with Gasteiger partial charge in [0.25, 0.3) is 0 Å². The molecule has 0 aliphatic rings. The van der Waals surface area contributed by atoms with Gasteiger partial charge < -0.3 is 5.32 Å². The van der Waals surface area contributed by atoms with Crippen LogP contribution in [0.1, 0.15) is 6.92 Å². The number of hydrogen-bond donors (Lipinski definition) is 2. The van der Waals surface area contributed by atoms with Crippen LogP contribution in [0.3, 0.4) is 0 Å². The fourth-order valence-corrected chi connectivity index (χ4v) is 3.75. The van der Waals surface area contributed by atoms with Crippen LogP contribution >= 0.6 is 46.4 Å². The molecule has 2 aromatic carbocycles. The molecule has 2 rings (SSSR count). The van der Waals surface area contributed by atoms with Crippen LogP contribution in [-0.4, -0.2) is 20.4 Å². The minimum absolute atomic E-state index is 0.0101. The molecule has 2 N–H and O–H groups in total. The van der Waals surface area contributed by atoms with E-state index in [0.717, 1.165) is 0 Å². The molecule has 1 amide bonds. The fraction of sp³-hybridized carbons (Fsp3) is 0.133. The molecule has 0 fully saturated rings. The van der Waals surface area contributed by atoms with Crippen LogP contribution in [0.15, 0.2) is 41.3 Å². The molecule has 0 aromatic heterocycles. The molecule has 0 bridgehead atoms. The van der Waals surface area contributed by atoms with Gasteiger partial charge in [0.15, 0.2) is 0 Å². The minimum Gasteiger partial charge on any atom is -0.323 e. The molecule has 0 heterocycles. The maximum atomic E-state index is 12.3. The van der Waals surface area contributed by atoms with Crippen molar-refractivity contribution < 1.29 is 13.2 Å². The average molecular weight is 442 g/mol. The Morgan fingerprint density at radius 2 is 1.52 bits per heavy atom. The van der Waals surface area contributed by atoms with E-state index < -0.39 is 22.0 Å². The summed E-state index contributed by atoms with van der Waals surface area (Å²) in [6, 6.07) is 7.25. The summed E-state index contributed by atoms with van der Waals surface area (Å²) >= 11 is 23.4. The van der Waals surface area contributed by atoms with Crippen molar-refractivity contribution >= 4 is 68.0 Å². The number of carbonyl (C=O) groups excluding carboxylic acids is 1. The van der Waals surface area contributed by atoms with Gasteiger partial charge in [0, 0.05) is 5.02 Å². The Labute approximate surface area is 165 Å². The quantitative estimate of drug-likeness (QED) is 0.665. The molecule has 0 radical (unpaired) electrons. The average Bonchev–Trinajstić information content (AvgIpc) is 2.52. The van der Waals surface area contributed by atoms with Crippen LogP contribution in [-0.2, 0) is 14.8 Å². The van der Waals surface area contributed by atoms with Gasteiger partial charge in [0.2, 0.25) is 15.9 Å². The molecule has 0 saturated heterocycles. The number of halogens is 4. The van der Waals surface area contributed by atoms with E-state index in [9.17, 15) is 13.2 Å². The van der Waals surface area contributed by atoms with Crippen molar-refractivity contribution in [3.05, 3.63) is 56.5 Å². The summed E-state index contributed by atoms with van der Waals surface area (Å²) in [5.74, 6) is -0.613. The van der Waals surface area contributed by atoms with Crippen molar-refractivity contribution in [1.29, 1.82) is 0 Å². The highest BCUT2D eigenvalue weighted by Crippen LogP contribution is 2.32. The Hall–Kier alpha value is -1.02. The molecule has 0 aliphatic heterocycles. The molecule has 2 aromatic rings. The van der Waals surface area contributed by atoms with Gasteiger partial charge in [-0.15, -0.1) is 0 Å². The molecule has 1 atom stereocenters. The number of hydrogen-bond acceptors (Lipinski definition) is 3. The summed E-state index contributed by atoms with van der Waals surface area (Å²) in [5, 5.41) is 3.52. The first-order chi connectivity index (χ1) is 11.6. The SMILES string of the molecule is C[C@H](NS(=O)(=O)c1ccc(Cl)cc1)C(=O)Nc1cc(Cl)c(Cl)cc1Cl. The van der Waals surface area contributed by atoms with Crippen LogP contribution < -0.4 is 10.0 Å². The van der Waals surface area contributed by atoms with Crippen molar-refractivity contribution in [3.63, 3.8) is 0 Å². The van der Waals surface area contributed by atoms with Crippen LogP contribution in [0.2, 0.25) is 20.1 Å². The topological polar surface area (TPSA) is 75.3 Å². The summed E-state index contributed by atoms with van der Waals surface area (Å²) in [4.78, 5) is 12.2. The molecule has 0 unspecified atom stereocenters. The predicted octanol–water partition coefficient (Wildman–Crippen LogP) is 4.61. The zero-order chi connectivity index (χ0) is 18.8. The van der Waals surface area contributed by atoms with E-state index in [1.807, 2.05) is 0 Å². The van der Waals surface area contributed by atoms with Crippen LogP contribution in [0, 0.1) is 0 Å². The predicted molar refractivity (Wildman–Crippen MR) is 101 cm³/mol. The molecule has 0 aliphatic carbocycles. The van der Waals surface area contributed by atoms with Crippen molar-refractivity contribution in [2.24, 2.45) is 0 Å². The third-order valence-electron chi connectivity index (χ3n) is 3.12. The van der Waals surface area contributed by atoms with Crippen molar-refractivity contribution in [3.8, 4) is 0 Å². The summed E-state index contributed by atoms with van der Waals surface area (Å²) in [7, 11) is -3.89. The molecular weight excluding hydrogens is 430 g/mol. The first-order valence-corrected chi connectivity index (χ1v) is 9.83. The van der Waals surface area contributed by atoms with Crippen LogP contribution in [0.25, 0.3) is 0 Å². The third kappa shape index (κ3) is 5.23. The summed E-state index contributed by atoms with van der Waals surface area (Å²) in [5.41, 5.74) is 0.221. The number of anilines is 1. The molecule has 10 heteroatoms. The van der Waals surface area contributed by atoms with Crippen molar-refractivity contribution in [2.75, 3.05) is 5.32 Å². The number of amides is 1. The van der Waals surface area contributed by atoms with E-state index in [1.54, 1.807) is 0 Å². The van der Waals surface area contributed by atoms with Crippen molar-refractivity contribution in [2.45, 2.75) is 17.9 Å². The van der Waals surface area contributed by atoms with E-state index in [4.69, 9.17) is 46.4 Å². The summed E-state index contributed by atoms with van der Waals surface area (Å²) < 4.78 is 26.8. The standard InChI is InChI=1S/C15H12Cl4N2O3S/c1-8(21-25(23,24)10-4-2-9(16)3-5-10)15(22)20-14-7-12(18)11(17)6-13(14)19/h2-8,21H,1H3,(H,20,22)/t8-/m0/s1. The Kier molecular flexibility index (Phi) is 6.59.